The third-order valence-corrected chi connectivity index (χ3v) is 3.15. The number of nitrogens with one attached hydrogen (secondary N) is 1. The van der Waals surface area contributed by atoms with Gasteiger partial charge in [-0.3, -0.25) is 4.79 Å². The SMILES string of the molecule is CCOCC[NH+]1CC[C@H](OC(C)=O)[C@H](C)C1. The number of esters is 1. The molecule has 1 unspecified atom stereocenters. The van der Waals surface area contributed by atoms with Crippen LogP contribution in [0.2, 0.25) is 0 Å². The van der Waals surface area contributed by atoms with E-state index in [1.807, 2.05) is 6.92 Å². The zero-order chi connectivity index (χ0) is 12.0. The van der Waals surface area contributed by atoms with Crippen LogP contribution in [-0.2, 0) is 14.3 Å². The number of carbonyl (C=O) groups is 1. The van der Waals surface area contributed by atoms with Crippen molar-refractivity contribution in [3.63, 3.8) is 0 Å². The first kappa shape index (κ1) is 13.5. The van der Waals surface area contributed by atoms with Crippen molar-refractivity contribution in [1.82, 2.24) is 0 Å². The first-order valence-electron chi connectivity index (χ1n) is 6.22. The summed E-state index contributed by atoms with van der Waals surface area (Å²) in [4.78, 5) is 12.5. The molecule has 0 radical (unpaired) electrons. The van der Waals surface area contributed by atoms with Crippen molar-refractivity contribution in [3.8, 4) is 0 Å². The van der Waals surface area contributed by atoms with E-state index in [9.17, 15) is 4.79 Å². The summed E-state index contributed by atoms with van der Waals surface area (Å²) >= 11 is 0. The van der Waals surface area contributed by atoms with E-state index >= 15 is 0 Å². The van der Waals surface area contributed by atoms with Crippen molar-refractivity contribution in [1.29, 1.82) is 0 Å². The van der Waals surface area contributed by atoms with Gasteiger partial charge in [0.05, 0.1) is 19.7 Å². The van der Waals surface area contributed by atoms with E-state index in [4.69, 9.17) is 9.47 Å². The lowest BCUT2D eigenvalue weighted by Crippen LogP contribution is -3.14. The van der Waals surface area contributed by atoms with E-state index in [1.165, 1.54) is 6.92 Å². The molecule has 1 fully saturated rings. The van der Waals surface area contributed by atoms with Gasteiger partial charge in [0.2, 0.25) is 0 Å². The minimum atomic E-state index is -0.158. The fourth-order valence-corrected chi connectivity index (χ4v) is 2.30. The first-order chi connectivity index (χ1) is 7.63. The van der Waals surface area contributed by atoms with Crippen LogP contribution in [0.25, 0.3) is 0 Å². The fraction of sp³-hybridized carbons (Fsp3) is 0.917. The molecule has 1 N–H and O–H groups in total. The van der Waals surface area contributed by atoms with Crippen LogP contribution in [0.3, 0.4) is 0 Å². The standard InChI is InChI=1S/C12H23NO3/c1-4-15-8-7-13-6-5-12(10(2)9-13)16-11(3)14/h10,12H,4-9H2,1-3H3/p+1/t10-,12+/m1/s1. The first-order valence-corrected chi connectivity index (χ1v) is 6.22. The Kier molecular flexibility index (Phi) is 5.77. The zero-order valence-corrected chi connectivity index (χ0v) is 10.6. The molecule has 3 atom stereocenters. The molecule has 1 heterocycles. The summed E-state index contributed by atoms with van der Waals surface area (Å²) < 4.78 is 10.7. The van der Waals surface area contributed by atoms with Crippen molar-refractivity contribution in [3.05, 3.63) is 0 Å². The smallest absolute Gasteiger partial charge is 0.302 e. The van der Waals surface area contributed by atoms with Gasteiger partial charge in [-0.05, 0) is 6.92 Å². The molecule has 4 nitrogen and oxygen atoms in total. The van der Waals surface area contributed by atoms with Gasteiger partial charge in [-0.25, -0.2) is 0 Å². The lowest BCUT2D eigenvalue weighted by Gasteiger charge is -2.33. The lowest BCUT2D eigenvalue weighted by molar-refractivity contribution is -0.910. The van der Waals surface area contributed by atoms with E-state index < -0.39 is 0 Å². The third kappa shape index (κ3) is 4.49. The molecule has 0 aromatic rings. The Morgan fingerprint density at radius 2 is 2.25 bits per heavy atom. The maximum atomic E-state index is 10.9. The Hall–Kier alpha value is -0.610. The van der Waals surface area contributed by atoms with Crippen molar-refractivity contribution in [2.45, 2.75) is 33.3 Å². The predicted octanol–water partition coefficient (Wildman–Crippen LogP) is -0.121. The second-order valence-corrected chi connectivity index (χ2v) is 4.56. The van der Waals surface area contributed by atoms with Gasteiger partial charge in [-0.2, -0.15) is 0 Å². The predicted molar refractivity (Wildman–Crippen MR) is 61.4 cm³/mol. The lowest BCUT2D eigenvalue weighted by atomic mass is 9.96. The number of ether oxygens (including phenoxy) is 2. The van der Waals surface area contributed by atoms with Crippen molar-refractivity contribution in [2.24, 2.45) is 5.92 Å². The number of likely N-dealkylation sites (tertiary alicyclic amines) is 1. The van der Waals surface area contributed by atoms with Crippen LogP contribution in [0.1, 0.15) is 27.2 Å². The number of hydrogen-bond acceptors (Lipinski definition) is 3. The zero-order valence-electron chi connectivity index (χ0n) is 10.6. The summed E-state index contributed by atoms with van der Waals surface area (Å²) in [6, 6.07) is 0. The van der Waals surface area contributed by atoms with Crippen molar-refractivity contribution >= 4 is 5.97 Å². The molecule has 0 aromatic heterocycles. The van der Waals surface area contributed by atoms with Gasteiger partial charge in [0.25, 0.3) is 0 Å². The third-order valence-electron chi connectivity index (χ3n) is 3.15. The number of carbonyl (C=O) groups excluding carboxylic acids is 1. The summed E-state index contributed by atoms with van der Waals surface area (Å²) in [5.41, 5.74) is 0. The van der Waals surface area contributed by atoms with Gasteiger partial charge in [0, 0.05) is 25.9 Å². The Morgan fingerprint density at radius 3 is 2.81 bits per heavy atom. The van der Waals surface area contributed by atoms with E-state index in [0.717, 1.165) is 39.3 Å². The molecule has 0 aromatic carbocycles. The molecule has 0 saturated carbocycles. The largest absolute Gasteiger partial charge is 0.462 e. The highest BCUT2D eigenvalue weighted by molar-refractivity contribution is 5.66. The molecule has 1 rings (SSSR count). The number of rotatable bonds is 5. The van der Waals surface area contributed by atoms with Gasteiger partial charge in [0.15, 0.2) is 0 Å². The topological polar surface area (TPSA) is 40.0 Å². The monoisotopic (exact) mass is 230 g/mol. The molecule has 94 valence electrons. The highest BCUT2D eigenvalue weighted by atomic mass is 16.5. The molecule has 1 aliphatic heterocycles. The average molecular weight is 230 g/mol. The van der Waals surface area contributed by atoms with Crippen LogP contribution in [0.5, 0.6) is 0 Å². The fourth-order valence-electron chi connectivity index (χ4n) is 2.30. The van der Waals surface area contributed by atoms with Crippen LogP contribution in [0.15, 0.2) is 0 Å². The molecule has 1 saturated heterocycles. The molecule has 4 heteroatoms. The second kappa shape index (κ2) is 6.86. The molecule has 1 aliphatic rings. The summed E-state index contributed by atoms with van der Waals surface area (Å²) in [5, 5.41) is 0. The van der Waals surface area contributed by atoms with Crippen LogP contribution in [-0.4, -0.2) is 44.9 Å². The molecular weight excluding hydrogens is 206 g/mol. The summed E-state index contributed by atoms with van der Waals surface area (Å²) in [7, 11) is 0. The minimum Gasteiger partial charge on any atom is -0.462 e. The summed E-state index contributed by atoms with van der Waals surface area (Å²) in [5.74, 6) is 0.295. The molecular formula is C12H24NO3+. The Bertz CT molecular complexity index is 220. The molecule has 0 spiro atoms. The normalized spacial score (nSPS) is 30.1. The number of quaternary nitrogens is 1. The summed E-state index contributed by atoms with van der Waals surface area (Å²) in [6.07, 6.45) is 1.09. The van der Waals surface area contributed by atoms with Gasteiger partial charge in [-0.15, -0.1) is 0 Å². The van der Waals surface area contributed by atoms with Gasteiger partial charge in [0.1, 0.15) is 12.6 Å². The van der Waals surface area contributed by atoms with Gasteiger partial charge < -0.3 is 14.4 Å². The Balaban J connectivity index is 2.25. The van der Waals surface area contributed by atoms with Crippen molar-refractivity contribution < 1.29 is 19.2 Å². The average Bonchev–Trinajstić information content (AvgIpc) is 2.22. The molecule has 0 amide bonds. The number of piperidine rings is 1. The molecule has 0 aliphatic carbocycles. The van der Waals surface area contributed by atoms with Gasteiger partial charge >= 0.3 is 5.97 Å². The molecule has 0 bridgehead atoms. The van der Waals surface area contributed by atoms with E-state index in [1.54, 1.807) is 4.90 Å². The van der Waals surface area contributed by atoms with Crippen LogP contribution in [0, 0.1) is 5.92 Å². The van der Waals surface area contributed by atoms with Crippen LogP contribution in [0.4, 0.5) is 0 Å². The maximum Gasteiger partial charge on any atom is 0.302 e. The quantitative estimate of drug-likeness (QED) is 0.529. The van der Waals surface area contributed by atoms with Crippen molar-refractivity contribution in [2.75, 3.05) is 32.8 Å². The maximum absolute atomic E-state index is 10.9. The number of hydrogen-bond donors (Lipinski definition) is 1. The minimum absolute atomic E-state index is 0.119. The second-order valence-electron chi connectivity index (χ2n) is 4.56. The van der Waals surface area contributed by atoms with Crippen LogP contribution < -0.4 is 4.90 Å². The van der Waals surface area contributed by atoms with E-state index in [2.05, 4.69) is 6.92 Å². The van der Waals surface area contributed by atoms with Gasteiger partial charge in [-0.1, -0.05) is 6.92 Å². The van der Waals surface area contributed by atoms with E-state index in [0.29, 0.717) is 5.92 Å². The highest BCUT2D eigenvalue weighted by Gasteiger charge is 2.30. The van der Waals surface area contributed by atoms with E-state index in [-0.39, 0.29) is 12.1 Å². The Labute approximate surface area is 97.9 Å². The summed E-state index contributed by atoms with van der Waals surface area (Å²) in [6.45, 7) is 10.5. The van der Waals surface area contributed by atoms with Crippen LogP contribution >= 0.6 is 0 Å². The highest BCUT2D eigenvalue weighted by Crippen LogP contribution is 2.12. The Morgan fingerprint density at radius 1 is 1.50 bits per heavy atom. The molecule has 16 heavy (non-hydrogen) atoms.